The summed E-state index contributed by atoms with van der Waals surface area (Å²) in [6, 6.07) is 14.7. The summed E-state index contributed by atoms with van der Waals surface area (Å²) in [6.45, 7) is 0.362. The second-order valence-corrected chi connectivity index (χ2v) is 5.94. The lowest BCUT2D eigenvalue weighted by Crippen LogP contribution is -2.29. The number of aliphatic hydroxyl groups is 2. The quantitative estimate of drug-likeness (QED) is 0.520. The molecule has 1 aromatic heterocycles. The number of aliphatic hydroxyl groups excluding tert-OH is 2. The number of benzene rings is 2. The Bertz CT molecular complexity index is 850. The molecule has 4 N–H and O–H groups in total. The highest BCUT2D eigenvalue weighted by atomic mass is 16.5. The molecule has 0 saturated heterocycles. The van der Waals surface area contributed by atoms with E-state index >= 15 is 0 Å². The zero-order valence-electron chi connectivity index (χ0n) is 14.1. The van der Waals surface area contributed by atoms with Crippen molar-refractivity contribution in [3.63, 3.8) is 0 Å². The zero-order valence-corrected chi connectivity index (χ0v) is 14.1. The van der Waals surface area contributed by atoms with E-state index in [1.54, 1.807) is 12.1 Å². The predicted molar refractivity (Wildman–Crippen MR) is 96.3 cm³/mol. The Morgan fingerprint density at radius 3 is 2.77 bits per heavy atom. The van der Waals surface area contributed by atoms with Crippen LogP contribution in [-0.4, -0.2) is 38.9 Å². The van der Waals surface area contributed by atoms with Crippen LogP contribution >= 0.6 is 0 Å². The fraction of sp³-hybridized carbons (Fsp3) is 0.263. The van der Waals surface area contributed by atoms with Crippen molar-refractivity contribution in [2.24, 2.45) is 0 Å². The first-order chi connectivity index (χ1) is 12.6. The second kappa shape index (κ2) is 8.46. The highest BCUT2D eigenvalue weighted by Gasteiger charge is 2.21. The first kappa shape index (κ1) is 17.9. The number of carbonyl (C=O) groups excluding carboxylic acids is 1. The summed E-state index contributed by atoms with van der Waals surface area (Å²) in [4.78, 5) is 18.8. The summed E-state index contributed by atoms with van der Waals surface area (Å²) < 4.78 is 5.09. The van der Waals surface area contributed by atoms with E-state index in [-0.39, 0.29) is 19.6 Å². The summed E-state index contributed by atoms with van der Waals surface area (Å²) in [5.41, 5.74) is 2.85. The highest BCUT2D eigenvalue weighted by molar-refractivity contribution is 5.78. The SMILES string of the molecule is O=C(NCCC(O)C(O)c1cccc2[nH]cnc12)OCc1ccccc1. The van der Waals surface area contributed by atoms with Gasteiger partial charge in [0, 0.05) is 12.1 Å². The summed E-state index contributed by atoms with van der Waals surface area (Å²) >= 11 is 0. The van der Waals surface area contributed by atoms with E-state index in [2.05, 4.69) is 15.3 Å². The summed E-state index contributed by atoms with van der Waals surface area (Å²) in [5, 5.41) is 23.2. The number of fused-ring (bicyclic) bond motifs is 1. The molecule has 0 aliphatic carbocycles. The van der Waals surface area contributed by atoms with E-state index in [0.717, 1.165) is 11.1 Å². The number of carbonyl (C=O) groups is 1. The maximum Gasteiger partial charge on any atom is 0.407 e. The van der Waals surface area contributed by atoms with E-state index in [1.165, 1.54) is 6.33 Å². The topological polar surface area (TPSA) is 107 Å². The van der Waals surface area contributed by atoms with Crippen molar-refractivity contribution >= 4 is 17.1 Å². The Labute approximate surface area is 150 Å². The minimum Gasteiger partial charge on any atom is -0.445 e. The monoisotopic (exact) mass is 355 g/mol. The molecule has 3 aromatic rings. The summed E-state index contributed by atoms with van der Waals surface area (Å²) in [7, 11) is 0. The molecule has 1 heterocycles. The smallest absolute Gasteiger partial charge is 0.407 e. The predicted octanol–water partition coefficient (Wildman–Crippen LogP) is 2.27. The van der Waals surface area contributed by atoms with Crippen LogP contribution in [-0.2, 0) is 11.3 Å². The van der Waals surface area contributed by atoms with Gasteiger partial charge >= 0.3 is 6.09 Å². The molecule has 7 nitrogen and oxygen atoms in total. The van der Waals surface area contributed by atoms with Crippen LogP contribution in [0.15, 0.2) is 54.9 Å². The number of rotatable bonds is 7. The van der Waals surface area contributed by atoms with Crippen LogP contribution in [0.4, 0.5) is 4.79 Å². The third kappa shape index (κ3) is 4.38. The number of aromatic amines is 1. The average Bonchev–Trinajstić information content (AvgIpc) is 3.15. The van der Waals surface area contributed by atoms with Gasteiger partial charge in [0.15, 0.2) is 0 Å². The van der Waals surface area contributed by atoms with Crippen molar-refractivity contribution in [1.29, 1.82) is 0 Å². The van der Waals surface area contributed by atoms with Crippen LogP contribution in [0.2, 0.25) is 0 Å². The van der Waals surface area contributed by atoms with E-state index in [1.807, 2.05) is 36.4 Å². The first-order valence-electron chi connectivity index (χ1n) is 8.38. The molecule has 0 radical (unpaired) electrons. The van der Waals surface area contributed by atoms with E-state index in [0.29, 0.717) is 11.1 Å². The maximum atomic E-state index is 11.7. The Balaban J connectivity index is 1.45. The molecular weight excluding hydrogens is 334 g/mol. The summed E-state index contributed by atoms with van der Waals surface area (Å²) in [6.07, 6.45) is -0.971. The van der Waals surface area contributed by atoms with Gasteiger partial charge in [0.1, 0.15) is 12.7 Å². The standard InChI is InChI=1S/C19H21N3O4/c23-16(18(24)14-7-4-8-15-17(14)22-12-21-15)9-10-20-19(25)26-11-13-5-2-1-3-6-13/h1-8,12,16,18,23-24H,9-11H2,(H,20,25)(H,21,22). The second-order valence-electron chi connectivity index (χ2n) is 5.94. The molecule has 2 atom stereocenters. The molecular formula is C19H21N3O4. The molecule has 7 heteroatoms. The summed E-state index contributed by atoms with van der Waals surface area (Å²) in [5.74, 6) is 0. The number of ether oxygens (including phenoxy) is 1. The molecule has 0 aliphatic heterocycles. The minimum atomic E-state index is -1.09. The van der Waals surface area contributed by atoms with Crippen molar-refractivity contribution in [2.75, 3.05) is 6.54 Å². The van der Waals surface area contributed by atoms with Gasteiger partial charge in [-0.1, -0.05) is 42.5 Å². The average molecular weight is 355 g/mol. The fourth-order valence-corrected chi connectivity index (χ4v) is 2.69. The lowest BCUT2D eigenvalue weighted by Gasteiger charge is -2.18. The third-order valence-corrected chi connectivity index (χ3v) is 4.09. The van der Waals surface area contributed by atoms with E-state index in [9.17, 15) is 15.0 Å². The van der Waals surface area contributed by atoms with Crippen molar-refractivity contribution in [1.82, 2.24) is 15.3 Å². The van der Waals surface area contributed by atoms with Crippen molar-refractivity contribution in [3.8, 4) is 0 Å². The van der Waals surface area contributed by atoms with Crippen molar-refractivity contribution in [3.05, 3.63) is 66.0 Å². The highest BCUT2D eigenvalue weighted by Crippen LogP contribution is 2.25. The largest absolute Gasteiger partial charge is 0.445 e. The molecule has 2 aromatic carbocycles. The fourth-order valence-electron chi connectivity index (χ4n) is 2.69. The number of H-pyrrole nitrogens is 1. The van der Waals surface area contributed by atoms with Crippen LogP contribution in [0.25, 0.3) is 11.0 Å². The molecule has 26 heavy (non-hydrogen) atoms. The number of imidazole rings is 1. The van der Waals surface area contributed by atoms with Crippen molar-refractivity contribution < 1.29 is 19.7 Å². The van der Waals surface area contributed by atoms with Crippen LogP contribution in [0.5, 0.6) is 0 Å². The number of hydrogen-bond acceptors (Lipinski definition) is 5. The van der Waals surface area contributed by atoms with Gasteiger partial charge in [-0.05, 0) is 18.1 Å². The maximum absolute atomic E-state index is 11.7. The van der Waals surface area contributed by atoms with E-state index in [4.69, 9.17) is 4.74 Å². The number of aromatic nitrogens is 2. The number of nitrogens with one attached hydrogen (secondary N) is 2. The number of nitrogens with zero attached hydrogens (tertiary/aromatic N) is 1. The Hall–Kier alpha value is -2.90. The Kier molecular flexibility index (Phi) is 5.83. The molecule has 136 valence electrons. The van der Waals surface area contributed by atoms with Gasteiger partial charge in [0.25, 0.3) is 0 Å². The van der Waals surface area contributed by atoms with Crippen molar-refractivity contribution in [2.45, 2.75) is 25.2 Å². The van der Waals surface area contributed by atoms with Gasteiger partial charge in [0.05, 0.1) is 23.5 Å². The Morgan fingerprint density at radius 1 is 1.15 bits per heavy atom. The molecule has 0 saturated carbocycles. The first-order valence-corrected chi connectivity index (χ1v) is 8.38. The molecule has 0 bridgehead atoms. The molecule has 3 rings (SSSR count). The van der Waals surface area contributed by atoms with Crippen LogP contribution in [0.1, 0.15) is 23.7 Å². The lowest BCUT2D eigenvalue weighted by molar-refractivity contribution is 0.0144. The lowest BCUT2D eigenvalue weighted by atomic mass is 10.0. The number of alkyl carbamates (subject to hydrolysis) is 1. The van der Waals surface area contributed by atoms with Gasteiger partial charge in [-0.25, -0.2) is 9.78 Å². The van der Waals surface area contributed by atoms with Gasteiger partial charge in [-0.3, -0.25) is 0 Å². The van der Waals surface area contributed by atoms with Crippen LogP contribution in [0, 0.1) is 0 Å². The van der Waals surface area contributed by atoms with Gasteiger partial charge in [-0.15, -0.1) is 0 Å². The number of para-hydroxylation sites is 1. The van der Waals surface area contributed by atoms with Gasteiger partial charge in [-0.2, -0.15) is 0 Å². The number of hydrogen-bond donors (Lipinski definition) is 4. The molecule has 0 spiro atoms. The molecule has 0 fully saturated rings. The Morgan fingerprint density at radius 2 is 1.96 bits per heavy atom. The van der Waals surface area contributed by atoms with Gasteiger partial charge in [0.2, 0.25) is 0 Å². The zero-order chi connectivity index (χ0) is 18.4. The molecule has 1 amide bonds. The molecule has 0 aliphatic rings. The third-order valence-electron chi connectivity index (χ3n) is 4.09. The van der Waals surface area contributed by atoms with Crippen LogP contribution < -0.4 is 5.32 Å². The van der Waals surface area contributed by atoms with Crippen LogP contribution in [0.3, 0.4) is 0 Å². The minimum absolute atomic E-state index is 0.180. The molecule has 2 unspecified atom stereocenters. The number of amides is 1. The normalized spacial score (nSPS) is 13.3. The van der Waals surface area contributed by atoms with Gasteiger partial charge < -0.3 is 25.3 Å². The van der Waals surface area contributed by atoms with E-state index < -0.39 is 18.3 Å².